The quantitative estimate of drug-likeness (QED) is 0.697. The molecule has 0 unspecified atom stereocenters. The second-order valence-corrected chi connectivity index (χ2v) is 4.28. The van der Waals surface area contributed by atoms with Gasteiger partial charge in [0.05, 0.1) is 11.8 Å². The van der Waals surface area contributed by atoms with Crippen LogP contribution in [-0.4, -0.2) is 34.7 Å². The van der Waals surface area contributed by atoms with E-state index in [2.05, 4.69) is 21.8 Å². The van der Waals surface area contributed by atoms with Crippen LogP contribution in [0.3, 0.4) is 0 Å². The number of thioether (sulfide) groups is 1. The fourth-order valence-corrected chi connectivity index (χ4v) is 1.72. The molecule has 5 heteroatoms. The zero-order valence-corrected chi connectivity index (χ0v) is 9.77. The molecule has 2 N–H and O–H groups in total. The molecule has 4 nitrogen and oxygen atoms in total. The summed E-state index contributed by atoms with van der Waals surface area (Å²) in [5, 5.41) is 9.20. The average Bonchev–Trinajstić information content (AvgIpc) is 2.76. The normalized spacial score (nSPS) is 10.2. The highest BCUT2D eigenvalue weighted by Gasteiger charge is 2.04. The molecule has 0 radical (unpaired) electrons. The van der Waals surface area contributed by atoms with E-state index in [0.29, 0.717) is 5.56 Å². The Bertz CT molecular complexity index is 274. The van der Waals surface area contributed by atoms with Gasteiger partial charge in [0, 0.05) is 12.7 Å². The van der Waals surface area contributed by atoms with E-state index in [0.717, 1.165) is 13.0 Å². The maximum absolute atomic E-state index is 11.4. The van der Waals surface area contributed by atoms with Gasteiger partial charge >= 0.3 is 0 Å². The molecule has 0 aliphatic carbocycles. The van der Waals surface area contributed by atoms with Gasteiger partial charge in [-0.15, -0.1) is 0 Å². The van der Waals surface area contributed by atoms with Crippen molar-refractivity contribution >= 4 is 17.7 Å². The molecular formula is C10H17N3OS. The first-order valence-electron chi connectivity index (χ1n) is 5.10. The summed E-state index contributed by atoms with van der Waals surface area (Å²) in [4.78, 5) is 11.4. The Morgan fingerprint density at radius 3 is 3.07 bits per heavy atom. The Balaban J connectivity index is 2.03. The summed E-state index contributed by atoms with van der Waals surface area (Å²) in [5.41, 5.74) is 0.596. The summed E-state index contributed by atoms with van der Waals surface area (Å²) in [5.74, 6) is 1.16. The fraction of sp³-hybridized carbons (Fsp3) is 0.600. The Kier molecular flexibility index (Phi) is 5.92. The first-order valence-corrected chi connectivity index (χ1v) is 6.50. The number of carbonyl (C=O) groups is 1. The summed E-state index contributed by atoms with van der Waals surface area (Å²) < 4.78 is 0. The van der Waals surface area contributed by atoms with Gasteiger partial charge in [-0.05, 0) is 24.9 Å². The molecule has 0 aromatic carbocycles. The van der Waals surface area contributed by atoms with Crippen LogP contribution in [0.4, 0.5) is 0 Å². The molecule has 15 heavy (non-hydrogen) atoms. The minimum atomic E-state index is -0.0476. The number of carbonyl (C=O) groups excluding carboxylic acids is 1. The van der Waals surface area contributed by atoms with Crippen molar-refractivity contribution in [2.24, 2.45) is 0 Å². The van der Waals surface area contributed by atoms with Gasteiger partial charge in [0.2, 0.25) is 0 Å². The molecule has 0 bridgehead atoms. The third kappa shape index (κ3) is 4.88. The van der Waals surface area contributed by atoms with Gasteiger partial charge < -0.3 is 5.32 Å². The molecule has 0 saturated carbocycles. The monoisotopic (exact) mass is 227 g/mol. The smallest absolute Gasteiger partial charge is 0.254 e. The number of hydrogen-bond donors (Lipinski definition) is 2. The fourth-order valence-electron chi connectivity index (χ4n) is 1.23. The molecule has 0 saturated heterocycles. The predicted octanol–water partition coefficient (Wildman–Crippen LogP) is 1.67. The van der Waals surface area contributed by atoms with Crippen molar-refractivity contribution in [3.63, 3.8) is 0 Å². The van der Waals surface area contributed by atoms with Gasteiger partial charge in [0.25, 0.3) is 5.91 Å². The van der Waals surface area contributed by atoms with Gasteiger partial charge in [0.1, 0.15) is 0 Å². The number of aromatic amines is 1. The minimum absolute atomic E-state index is 0.0476. The summed E-state index contributed by atoms with van der Waals surface area (Å²) in [6.07, 6.45) is 8.69. The third-order valence-electron chi connectivity index (χ3n) is 2.07. The molecule has 1 aromatic rings. The predicted molar refractivity (Wildman–Crippen MR) is 63.2 cm³/mol. The van der Waals surface area contributed by atoms with Gasteiger partial charge in [-0.2, -0.15) is 16.9 Å². The number of unbranched alkanes of at least 4 members (excludes halogenated alkanes) is 2. The van der Waals surface area contributed by atoms with E-state index in [-0.39, 0.29) is 5.91 Å². The Labute approximate surface area is 94.2 Å². The van der Waals surface area contributed by atoms with Crippen molar-refractivity contribution in [2.45, 2.75) is 19.3 Å². The summed E-state index contributed by atoms with van der Waals surface area (Å²) in [6.45, 7) is 0.748. The van der Waals surface area contributed by atoms with Crippen molar-refractivity contribution in [2.75, 3.05) is 18.6 Å². The Morgan fingerprint density at radius 2 is 2.40 bits per heavy atom. The first-order chi connectivity index (χ1) is 7.34. The number of H-pyrrole nitrogens is 1. The van der Waals surface area contributed by atoms with Gasteiger partial charge in [-0.3, -0.25) is 9.89 Å². The zero-order valence-electron chi connectivity index (χ0n) is 8.95. The van der Waals surface area contributed by atoms with E-state index in [1.807, 2.05) is 11.8 Å². The van der Waals surface area contributed by atoms with E-state index < -0.39 is 0 Å². The van der Waals surface area contributed by atoms with E-state index in [4.69, 9.17) is 0 Å². The topological polar surface area (TPSA) is 57.8 Å². The van der Waals surface area contributed by atoms with Crippen LogP contribution in [-0.2, 0) is 0 Å². The summed E-state index contributed by atoms with van der Waals surface area (Å²) >= 11 is 1.86. The van der Waals surface area contributed by atoms with Crippen LogP contribution in [0.25, 0.3) is 0 Å². The van der Waals surface area contributed by atoms with E-state index >= 15 is 0 Å². The van der Waals surface area contributed by atoms with Crippen LogP contribution in [0.15, 0.2) is 12.4 Å². The molecule has 0 atom stereocenters. The molecule has 84 valence electrons. The maximum atomic E-state index is 11.4. The molecular weight excluding hydrogens is 210 g/mol. The van der Waals surface area contributed by atoms with Gasteiger partial charge in [-0.1, -0.05) is 6.42 Å². The molecule has 1 heterocycles. The van der Waals surface area contributed by atoms with Crippen LogP contribution >= 0.6 is 11.8 Å². The number of hydrogen-bond acceptors (Lipinski definition) is 3. The second-order valence-electron chi connectivity index (χ2n) is 3.30. The highest BCUT2D eigenvalue weighted by Crippen LogP contribution is 2.01. The lowest BCUT2D eigenvalue weighted by Crippen LogP contribution is -2.23. The highest BCUT2D eigenvalue weighted by atomic mass is 32.2. The van der Waals surface area contributed by atoms with E-state index in [1.54, 1.807) is 6.20 Å². The van der Waals surface area contributed by atoms with Crippen molar-refractivity contribution < 1.29 is 4.79 Å². The van der Waals surface area contributed by atoms with Crippen LogP contribution in [0.1, 0.15) is 29.6 Å². The number of aromatic nitrogens is 2. The Hall–Kier alpha value is -0.970. The number of amides is 1. The van der Waals surface area contributed by atoms with E-state index in [9.17, 15) is 4.79 Å². The van der Waals surface area contributed by atoms with Crippen LogP contribution in [0, 0.1) is 0 Å². The van der Waals surface area contributed by atoms with E-state index in [1.165, 1.54) is 24.8 Å². The van der Waals surface area contributed by atoms with Gasteiger partial charge in [-0.25, -0.2) is 0 Å². The second kappa shape index (κ2) is 7.34. The van der Waals surface area contributed by atoms with Crippen LogP contribution in [0.5, 0.6) is 0 Å². The zero-order chi connectivity index (χ0) is 10.9. The maximum Gasteiger partial charge on any atom is 0.254 e. The molecule has 1 aromatic heterocycles. The minimum Gasteiger partial charge on any atom is -0.352 e. The van der Waals surface area contributed by atoms with Crippen molar-refractivity contribution in [1.29, 1.82) is 0 Å². The standard InChI is InChI=1S/C10H17N3OS/c1-15-6-4-2-3-5-11-10(14)9-7-12-13-8-9/h7-8H,2-6H2,1H3,(H,11,14)(H,12,13). The summed E-state index contributed by atoms with van der Waals surface area (Å²) in [6, 6.07) is 0. The molecule has 0 spiro atoms. The molecule has 1 amide bonds. The number of nitrogens with zero attached hydrogens (tertiary/aromatic N) is 1. The van der Waals surface area contributed by atoms with Crippen molar-refractivity contribution in [1.82, 2.24) is 15.5 Å². The SMILES string of the molecule is CSCCCCCNC(=O)c1cn[nH]c1. The van der Waals surface area contributed by atoms with Crippen LogP contribution < -0.4 is 5.32 Å². The lowest BCUT2D eigenvalue weighted by Gasteiger charge is -2.02. The molecule has 1 rings (SSSR count). The number of rotatable bonds is 7. The molecule has 0 aliphatic rings. The van der Waals surface area contributed by atoms with Crippen molar-refractivity contribution in [3.05, 3.63) is 18.0 Å². The molecule has 0 aliphatic heterocycles. The number of nitrogens with one attached hydrogen (secondary N) is 2. The first kappa shape index (κ1) is 12.1. The highest BCUT2D eigenvalue weighted by molar-refractivity contribution is 7.98. The lowest BCUT2D eigenvalue weighted by molar-refractivity contribution is 0.0953. The largest absolute Gasteiger partial charge is 0.352 e. The van der Waals surface area contributed by atoms with Gasteiger partial charge in [0.15, 0.2) is 0 Å². The van der Waals surface area contributed by atoms with Crippen molar-refractivity contribution in [3.8, 4) is 0 Å². The average molecular weight is 227 g/mol. The Morgan fingerprint density at radius 1 is 1.53 bits per heavy atom. The lowest BCUT2D eigenvalue weighted by atomic mass is 10.2. The van der Waals surface area contributed by atoms with Crippen LogP contribution in [0.2, 0.25) is 0 Å². The summed E-state index contributed by atoms with van der Waals surface area (Å²) in [7, 11) is 0. The third-order valence-corrected chi connectivity index (χ3v) is 2.77. The molecule has 0 fully saturated rings.